The van der Waals surface area contributed by atoms with E-state index in [0.29, 0.717) is 39.1 Å². The predicted molar refractivity (Wildman–Crippen MR) is 147 cm³/mol. The SMILES string of the molecule is Nc1ncc(CN2CCCCOc3cccc(c3)[C@H]3CN(C(=O)CCc4cccnc4)C[C@@H]3NC(=O)C2)cn1. The van der Waals surface area contributed by atoms with Crippen molar-refractivity contribution in [1.29, 1.82) is 0 Å². The lowest BCUT2D eigenvalue weighted by atomic mass is 9.94. The van der Waals surface area contributed by atoms with E-state index in [2.05, 4.69) is 31.2 Å². The number of amides is 2. The minimum absolute atomic E-state index is 0.0262. The summed E-state index contributed by atoms with van der Waals surface area (Å²) in [6.45, 7) is 3.13. The van der Waals surface area contributed by atoms with Gasteiger partial charge in [-0.2, -0.15) is 0 Å². The third kappa shape index (κ3) is 7.29. The van der Waals surface area contributed by atoms with Crippen molar-refractivity contribution in [2.45, 2.75) is 44.2 Å². The normalized spacial score (nSPS) is 20.4. The summed E-state index contributed by atoms with van der Waals surface area (Å²) in [6, 6.07) is 11.7. The van der Waals surface area contributed by atoms with Crippen LogP contribution in [0.1, 0.15) is 41.9 Å². The first-order valence-corrected chi connectivity index (χ1v) is 13.5. The Morgan fingerprint density at radius 3 is 2.77 bits per heavy atom. The predicted octanol–water partition coefficient (Wildman–Crippen LogP) is 2.17. The Labute approximate surface area is 228 Å². The van der Waals surface area contributed by atoms with Crippen LogP contribution in [0.3, 0.4) is 0 Å². The Bertz CT molecular complexity index is 1260. The number of pyridine rings is 1. The first kappa shape index (κ1) is 26.6. The van der Waals surface area contributed by atoms with Crippen LogP contribution in [0.15, 0.2) is 61.2 Å². The fourth-order valence-electron chi connectivity index (χ4n) is 5.28. The molecule has 2 aromatic heterocycles. The second-order valence-corrected chi connectivity index (χ2v) is 10.2. The second-order valence-electron chi connectivity index (χ2n) is 10.2. The fourth-order valence-corrected chi connectivity index (χ4v) is 5.28. The van der Waals surface area contributed by atoms with Gasteiger partial charge in [-0.1, -0.05) is 18.2 Å². The van der Waals surface area contributed by atoms with Crippen molar-refractivity contribution in [3.63, 3.8) is 0 Å². The summed E-state index contributed by atoms with van der Waals surface area (Å²) < 4.78 is 6.06. The molecule has 10 heteroatoms. The van der Waals surface area contributed by atoms with E-state index in [0.717, 1.165) is 41.8 Å². The summed E-state index contributed by atoms with van der Waals surface area (Å²) in [4.78, 5) is 42.8. The number of nitrogen functional groups attached to an aromatic ring is 1. The highest BCUT2D eigenvalue weighted by atomic mass is 16.5. The number of likely N-dealkylation sites (tertiary alicyclic amines) is 1. The van der Waals surface area contributed by atoms with Crippen LogP contribution in [0.25, 0.3) is 0 Å². The number of carbonyl (C=O) groups excluding carboxylic acids is 2. The molecule has 2 aliphatic rings. The number of fused-ring (bicyclic) bond motifs is 4. The lowest BCUT2D eigenvalue weighted by molar-refractivity contribution is -0.130. The Morgan fingerprint density at radius 1 is 1.08 bits per heavy atom. The largest absolute Gasteiger partial charge is 0.494 e. The summed E-state index contributed by atoms with van der Waals surface area (Å²) in [7, 11) is 0. The number of benzene rings is 1. The average Bonchev–Trinajstić information content (AvgIpc) is 3.36. The first-order chi connectivity index (χ1) is 19.0. The van der Waals surface area contributed by atoms with Gasteiger partial charge in [0.2, 0.25) is 17.8 Å². The van der Waals surface area contributed by atoms with Gasteiger partial charge >= 0.3 is 0 Å². The molecule has 0 unspecified atom stereocenters. The van der Waals surface area contributed by atoms with Crippen molar-refractivity contribution >= 4 is 17.8 Å². The second kappa shape index (κ2) is 12.7. The van der Waals surface area contributed by atoms with Crippen LogP contribution >= 0.6 is 0 Å². The molecule has 5 rings (SSSR count). The van der Waals surface area contributed by atoms with Gasteiger partial charge in [0.25, 0.3) is 0 Å². The summed E-state index contributed by atoms with van der Waals surface area (Å²) in [6.07, 6.45) is 9.71. The van der Waals surface area contributed by atoms with Crippen LogP contribution in [-0.2, 0) is 22.6 Å². The van der Waals surface area contributed by atoms with Crippen LogP contribution in [0.5, 0.6) is 5.75 Å². The van der Waals surface area contributed by atoms with E-state index >= 15 is 0 Å². The Hall–Kier alpha value is -4.05. The molecule has 1 saturated heterocycles. The number of nitrogens with one attached hydrogen (secondary N) is 1. The molecule has 39 heavy (non-hydrogen) atoms. The highest BCUT2D eigenvalue weighted by molar-refractivity contribution is 5.80. The summed E-state index contributed by atoms with van der Waals surface area (Å²) in [5.41, 5.74) is 8.63. The maximum absolute atomic E-state index is 13.3. The zero-order chi connectivity index (χ0) is 27.0. The van der Waals surface area contributed by atoms with E-state index in [4.69, 9.17) is 10.5 Å². The highest BCUT2D eigenvalue weighted by Crippen LogP contribution is 2.31. The van der Waals surface area contributed by atoms with Gasteiger partial charge in [-0.15, -0.1) is 0 Å². The van der Waals surface area contributed by atoms with Crippen LogP contribution in [0.4, 0.5) is 5.95 Å². The van der Waals surface area contributed by atoms with Crippen molar-refractivity contribution in [1.82, 2.24) is 30.1 Å². The number of ether oxygens (including phenoxy) is 1. The maximum Gasteiger partial charge on any atom is 0.234 e. The van der Waals surface area contributed by atoms with E-state index in [-0.39, 0.29) is 36.3 Å². The molecule has 4 heterocycles. The van der Waals surface area contributed by atoms with Gasteiger partial charge < -0.3 is 20.7 Å². The number of aryl methyl sites for hydroxylation is 1. The molecule has 1 fully saturated rings. The molecule has 3 N–H and O–H groups in total. The number of rotatable bonds is 5. The lowest BCUT2D eigenvalue weighted by Crippen LogP contribution is -2.45. The molecule has 0 saturated carbocycles. The van der Waals surface area contributed by atoms with E-state index < -0.39 is 0 Å². The molecule has 0 aliphatic carbocycles. The van der Waals surface area contributed by atoms with Crippen molar-refractivity contribution in [3.05, 3.63) is 77.9 Å². The third-order valence-electron chi connectivity index (χ3n) is 7.29. The Balaban J connectivity index is 1.31. The molecule has 3 aromatic rings. The van der Waals surface area contributed by atoms with Gasteiger partial charge in [0.15, 0.2) is 0 Å². The highest BCUT2D eigenvalue weighted by Gasteiger charge is 2.37. The van der Waals surface area contributed by atoms with Crippen molar-refractivity contribution < 1.29 is 14.3 Å². The van der Waals surface area contributed by atoms with Gasteiger partial charge in [0.1, 0.15) is 5.75 Å². The van der Waals surface area contributed by atoms with Crippen LogP contribution in [0, 0.1) is 0 Å². The van der Waals surface area contributed by atoms with Crippen LogP contribution in [-0.4, -0.2) is 75.4 Å². The smallest absolute Gasteiger partial charge is 0.234 e. The van der Waals surface area contributed by atoms with Crippen LogP contribution in [0.2, 0.25) is 0 Å². The van der Waals surface area contributed by atoms with Crippen molar-refractivity contribution in [2.24, 2.45) is 0 Å². The summed E-state index contributed by atoms with van der Waals surface area (Å²) >= 11 is 0. The number of hydrogen-bond acceptors (Lipinski definition) is 8. The standard InChI is InChI=1S/C29H35N7O3/c30-29-32-15-22(16-33-29)17-35-11-1-2-12-39-24-7-3-6-23(13-24)25-18-36(19-26(25)34-27(37)20-35)28(38)9-8-21-5-4-10-31-14-21/h3-7,10,13-16,25-26H,1-2,8-9,11-12,17-20H2,(H,34,37)(H2,30,32,33)/t25-,26+/m1/s1. The molecule has 0 radical (unpaired) electrons. The number of nitrogens with zero attached hydrogens (tertiary/aromatic N) is 5. The zero-order valence-electron chi connectivity index (χ0n) is 22.0. The van der Waals surface area contributed by atoms with Crippen molar-refractivity contribution in [2.75, 3.05) is 38.5 Å². The molecule has 0 spiro atoms. The first-order valence-electron chi connectivity index (χ1n) is 13.5. The lowest BCUT2D eigenvalue weighted by Gasteiger charge is -2.25. The number of hydrogen-bond donors (Lipinski definition) is 2. The molecule has 2 aliphatic heterocycles. The molecule has 2 amide bonds. The molecule has 2 atom stereocenters. The molecular weight excluding hydrogens is 494 g/mol. The Kier molecular flexibility index (Phi) is 8.62. The van der Waals surface area contributed by atoms with Gasteiger partial charge in [-0.3, -0.25) is 19.5 Å². The van der Waals surface area contributed by atoms with E-state index in [1.165, 1.54) is 0 Å². The molecule has 10 nitrogen and oxygen atoms in total. The minimum atomic E-state index is -0.195. The fraction of sp³-hybridized carbons (Fsp3) is 0.414. The molecule has 1 aromatic carbocycles. The number of carbonyl (C=O) groups is 2. The quantitative estimate of drug-likeness (QED) is 0.515. The number of nitrogens with two attached hydrogens (primary N) is 1. The number of anilines is 1. The maximum atomic E-state index is 13.3. The van der Waals surface area contributed by atoms with Crippen LogP contribution < -0.4 is 15.8 Å². The molecule has 2 bridgehead atoms. The van der Waals surface area contributed by atoms with Gasteiger partial charge in [-0.25, -0.2) is 9.97 Å². The summed E-state index contributed by atoms with van der Waals surface area (Å²) in [5.74, 6) is 1.03. The average molecular weight is 530 g/mol. The minimum Gasteiger partial charge on any atom is -0.494 e. The molecular formula is C29H35N7O3. The zero-order valence-corrected chi connectivity index (χ0v) is 22.0. The van der Waals surface area contributed by atoms with Gasteiger partial charge in [0, 0.05) is 62.3 Å². The topological polar surface area (TPSA) is 127 Å². The monoisotopic (exact) mass is 529 g/mol. The van der Waals surface area contributed by atoms with E-state index in [9.17, 15) is 9.59 Å². The van der Waals surface area contributed by atoms with E-state index in [1.54, 1.807) is 24.8 Å². The third-order valence-corrected chi connectivity index (χ3v) is 7.29. The number of aromatic nitrogens is 3. The van der Waals surface area contributed by atoms with E-state index in [1.807, 2.05) is 35.2 Å². The van der Waals surface area contributed by atoms with Crippen molar-refractivity contribution in [3.8, 4) is 5.75 Å². The van der Waals surface area contributed by atoms with Gasteiger partial charge in [0.05, 0.1) is 19.2 Å². The van der Waals surface area contributed by atoms with Gasteiger partial charge in [-0.05, 0) is 55.1 Å². The molecule has 204 valence electrons. The Morgan fingerprint density at radius 2 is 1.95 bits per heavy atom. The summed E-state index contributed by atoms with van der Waals surface area (Å²) in [5, 5.41) is 3.25.